The van der Waals surface area contributed by atoms with Crippen LogP contribution in [0.25, 0.3) is 0 Å². The van der Waals surface area contributed by atoms with Gasteiger partial charge in [0.05, 0.1) is 12.1 Å². The van der Waals surface area contributed by atoms with Crippen molar-refractivity contribution < 1.29 is 43.2 Å². The highest BCUT2D eigenvalue weighted by molar-refractivity contribution is 6.00. The second-order valence-electron chi connectivity index (χ2n) is 23.8. The Bertz CT molecular complexity index is 3230. The van der Waals surface area contributed by atoms with Gasteiger partial charge in [-0.1, -0.05) is 141 Å². The number of amides is 9. The summed E-state index contributed by atoms with van der Waals surface area (Å²) in [5, 5.41) is 30.3. The maximum atomic E-state index is 15.1. The summed E-state index contributed by atoms with van der Waals surface area (Å²) in [5.41, 5.74) is 1.17. The Morgan fingerprint density at radius 1 is 0.538 bits per heavy atom. The number of carbonyl (C=O) groups excluding carboxylic acids is 9. The third-order valence-corrected chi connectivity index (χ3v) is 18.1. The summed E-state index contributed by atoms with van der Waals surface area (Å²) >= 11 is 0. The van der Waals surface area contributed by atoms with Gasteiger partial charge >= 0.3 is 0 Å². The lowest BCUT2D eigenvalue weighted by Gasteiger charge is -2.38. The second kappa shape index (κ2) is 33.8. The van der Waals surface area contributed by atoms with Gasteiger partial charge in [0.25, 0.3) is 11.8 Å². The van der Waals surface area contributed by atoms with Crippen molar-refractivity contribution in [3.63, 3.8) is 0 Å². The van der Waals surface area contributed by atoms with Crippen LogP contribution in [0.2, 0.25) is 0 Å². The maximum Gasteiger partial charge on any atom is 0.296 e. The van der Waals surface area contributed by atoms with Crippen LogP contribution in [-0.4, -0.2) is 152 Å². The molecule has 91 heavy (non-hydrogen) atoms. The number of hydrogen-bond donors (Lipinski definition) is 10. The van der Waals surface area contributed by atoms with Gasteiger partial charge in [0.1, 0.15) is 24.2 Å². The number of benzene rings is 4. The minimum atomic E-state index is -1.78. The molecule has 10 N–H and O–H groups in total. The molecular formula is C70H88N12O9. The molecule has 0 aliphatic carbocycles. The fourth-order valence-corrected chi connectivity index (χ4v) is 13.1. The molecule has 0 radical (unpaired) electrons. The van der Waals surface area contributed by atoms with E-state index in [4.69, 9.17) is 0 Å². The topological polar surface area (TPSA) is 280 Å². The summed E-state index contributed by atoms with van der Waals surface area (Å²) in [6.45, 7) is 5.15. The lowest BCUT2D eigenvalue weighted by atomic mass is 9.81. The van der Waals surface area contributed by atoms with Crippen LogP contribution in [-0.2, 0) is 61.8 Å². The van der Waals surface area contributed by atoms with Crippen LogP contribution in [0.1, 0.15) is 113 Å². The average Bonchev–Trinajstić information content (AvgIpc) is 1.70. The van der Waals surface area contributed by atoms with Gasteiger partial charge in [-0.05, 0) is 112 Å². The Morgan fingerprint density at radius 3 is 1.53 bits per heavy atom. The van der Waals surface area contributed by atoms with Crippen molar-refractivity contribution in [3.8, 4) is 23.7 Å². The summed E-state index contributed by atoms with van der Waals surface area (Å²) in [6.07, 6.45) is 5.45. The van der Waals surface area contributed by atoms with E-state index in [0.717, 1.165) is 11.1 Å². The molecule has 8 rings (SSSR count). The van der Waals surface area contributed by atoms with E-state index >= 15 is 14.4 Å². The largest absolute Gasteiger partial charge is 0.354 e. The SMILES string of the molecule is CC[C@H](NC)C(=O)N[C@@H]1C(=O)N2[C@@H](CC[C@@H]1CNC(=O)C#CC#CCCC(=O)NCCNC(=O)C(NC(=O)[C@@H]1CC[C@@H]3CC[C@H](CNCc4ccccc4)[C@H](NC(=O)[C@H](CC)NC)C(=O)N31)(c1ccccc1)c1ccccc1)CC[C@H]2C(=O)NCc1ccccc1. The van der Waals surface area contributed by atoms with Gasteiger partial charge < -0.3 is 63.0 Å². The third-order valence-electron chi connectivity index (χ3n) is 18.1. The monoisotopic (exact) mass is 1240 g/mol. The van der Waals surface area contributed by atoms with E-state index in [2.05, 4.69) is 76.8 Å². The van der Waals surface area contributed by atoms with E-state index in [-0.39, 0.29) is 85.9 Å². The molecule has 0 saturated carbocycles. The van der Waals surface area contributed by atoms with Gasteiger partial charge in [-0.2, -0.15) is 0 Å². The first-order valence-electron chi connectivity index (χ1n) is 32.1. The van der Waals surface area contributed by atoms with Crippen molar-refractivity contribution in [2.75, 3.05) is 40.3 Å². The minimum Gasteiger partial charge on any atom is -0.354 e. The summed E-state index contributed by atoms with van der Waals surface area (Å²) in [7, 11) is 3.37. The molecule has 4 fully saturated rings. The predicted molar refractivity (Wildman–Crippen MR) is 345 cm³/mol. The smallest absolute Gasteiger partial charge is 0.296 e. The predicted octanol–water partition coefficient (Wildman–Crippen LogP) is 2.79. The van der Waals surface area contributed by atoms with Crippen LogP contribution in [0.5, 0.6) is 0 Å². The van der Waals surface area contributed by atoms with Crippen molar-refractivity contribution in [3.05, 3.63) is 144 Å². The van der Waals surface area contributed by atoms with Crippen LogP contribution in [0.15, 0.2) is 121 Å². The number of carbonyl (C=O) groups is 9. The van der Waals surface area contributed by atoms with Gasteiger partial charge in [-0.25, -0.2) is 0 Å². The molecule has 4 aliphatic heterocycles. The van der Waals surface area contributed by atoms with E-state index in [9.17, 15) is 28.8 Å². The van der Waals surface area contributed by atoms with Gasteiger partial charge in [0, 0.05) is 82.0 Å². The minimum absolute atomic E-state index is 0.00652. The molecule has 4 aromatic carbocycles. The van der Waals surface area contributed by atoms with Gasteiger partial charge in [0.2, 0.25) is 41.4 Å². The first kappa shape index (κ1) is 68.0. The molecule has 0 spiro atoms. The number of nitrogens with zero attached hydrogens (tertiary/aromatic N) is 2. The quantitative estimate of drug-likeness (QED) is 0.0305. The van der Waals surface area contributed by atoms with Crippen molar-refractivity contribution in [1.82, 2.24) is 63.0 Å². The van der Waals surface area contributed by atoms with Gasteiger partial charge in [-0.15, -0.1) is 0 Å². The molecule has 21 nitrogen and oxygen atoms in total. The van der Waals surface area contributed by atoms with Crippen LogP contribution >= 0.6 is 0 Å². The van der Waals surface area contributed by atoms with Crippen molar-refractivity contribution in [1.29, 1.82) is 0 Å². The molecule has 21 heteroatoms. The Morgan fingerprint density at radius 2 is 1.01 bits per heavy atom. The number of rotatable bonds is 27. The highest BCUT2D eigenvalue weighted by atomic mass is 16.2. The zero-order chi connectivity index (χ0) is 64.7. The van der Waals surface area contributed by atoms with Gasteiger partial charge in [-0.3, -0.25) is 43.2 Å². The lowest BCUT2D eigenvalue weighted by Crippen LogP contribution is -2.63. The standard InChI is InChI=1S/C70H88N12O9/c1-5-55(71-3)63(85)78-61-49(45-73-43-47-23-13-9-14-24-47)33-35-54-38-40-58(82(54)67(61)89)66(88)80-70(51-27-17-11-18-28-51,52-29-19-12-20-30-52)69(91)75-42-41-74-59(83)31-21-7-8-22-32-60(84)76-46-50-34-36-53-37-39-57(65(87)77-44-48-25-15-10-16-26-48)81(53)68(90)62(50)79-64(86)56(6-2)72-4/h9-20,23-30,49-50,53-58,61-62,71-73H,5-6,21,31,33-46H2,1-4H3,(H,74,83)(H,75,91)(H,76,84)(H,77,87)(H,78,85)(H,79,86)(H,80,88)/t49-,50-,53+,54+,55+,56+,57+,58+,61+,62+/m1/s1. The van der Waals surface area contributed by atoms with E-state index in [1.165, 1.54) is 0 Å². The molecule has 0 aromatic heterocycles. The van der Waals surface area contributed by atoms with Crippen LogP contribution in [0.3, 0.4) is 0 Å². The van der Waals surface area contributed by atoms with E-state index in [1.54, 1.807) is 72.4 Å². The van der Waals surface area contributed by atoms with E-state index < -0.39 is 65.4 Å². The second-order valence-corrected chi connectivity index (χ2v) is 23.8. The van der Waals surface area contributed by atoms with E-state index in [0.29, 0.717) is 95.0 Å². The van der Waals surface area contributed by atoms with Crippen molar-refractivity contribution in [2.45, 2.75) is 158 Å². The molecule has 10 atom stereocenters. The Hall–Kier alpha value is -8.89. The molecule has 0 unspecified atom stereocenters. The van der Waals surface area contributed by atoms with Crippen LogP contribution in [0.4, 0.5) is 0 Å². The fourth-order valence-electron chi connectivity index (χ4n) is 13.1. The normalized spacial score (nSPS) is 21.7. The number of likely N-dealkylation sites (N-methyl/N-ethyl adjacent to an activating group) is 2. The zero-order valence-corrected chi connectivity index (χ0v) is 52.6. The third kappa shape index (κ3) is 17.5. The zero-order valence-electron chi connectivity index (χ0n) is 52.6. The molecule has 4 saturated heterocycles. The summed E-state index contributed by atoms with van der Waals surface area (Å²) in [5.74, 6) is 5.95. The van der Waals surface area contributed by atoms with Crippen molar-refractivity contribution in [2.24, 2.45) is 11.8 Å². The maximum absolute atomic E-state index is 15.1. The molecule has 4 aliphatic rings. The molecular weight excluding hydrogens is 1150 g/mol. The van der Waals surface area contributed by atoms with Gasteiger partial charge in [0.15, 0.2) is 5.54 Å². The Labute approximate surface area is 534 Å². The first-order valence-corrected chi connectivity index (χ1v) is 32.1. The fraction of sp³-hybridized carbons (Fsp3) is 0.471. The summed E-state index contributed by atoms with van der Waals surface area (Å²) in [6, 6.07) is 32.1. The van der Waals surface area contributed by atoms with E-state index in [1.807, 2.05) is 86.6 Å². The molecule has 9 amide bonds. The Balaban J connectivity index is 0.861. The molecule has 4 heterocycles. The van der Waals surface area contributed by atoms with Crippen LogP contribution in [0, 0.1) is 35.5 Å². The molecule has 4 aromatic rings. The van der Waals surface area contributed by atoms with Crippen LogP contribution < -0.4 is 53.2 Å². The summed E-state index contributed by atoms with van der Waals surface area (Å²) in [4.78, 5) is 130. The highest BCUT2D eigenvalue weighted by Crippen LogP contribution is 2.38. The number of hydrogen-bond acceptors (Lipinski definition) is 12. The summed E-state index contributed by atoms with van der Waals surface area (Å²) < 4.78 is 0. The average molecular weight is 1240 g/mol. The number of nitrogens with one attached hydrogen (secondary N) is 10. The Kier molecular flexibility index (Phi) is 25.3. The highest BCUT2D eigenvalue weighted by Gasteiger charge is 2.52. The first-order chi connectivity index (χ1) is 44.2. The van der Waals surface area contributed by atoms with Crippen molar-refractivity contribution >= 4 is 53.2 Å². The molecule has 0 bridgehead atoms. The number of fused-ring (bicyclic) bond motifs is 2. The lowest BCUT2D eigenvalue weighted by molar-refractivity contribution is -0.145. The molecule has 482 valence electrons.